The maximum atomic E-state index is 12.1. The van der Waals surface area contributed by atoms with Crippen LogP contribution < -0.4 is 0 Å². The summed E-state index contributed by atoms with van der Waals surface area (Å²) < 4.78 is 10.8. The number of allylic oxidation sites excluding steroid dienone is 1. The summed E-state index contributed by atoms with van der Waals surface area (Å²) in [7, 11) is 1.43. The van der Waals surface area contributed by atoms with Crippen molar-refractivity contribution in [2.24, 2.45) is 0 Å². The lowest BCUT2D eigenvalue weighted by molar-refractivity contribution is -0.137. The van der Waals surface area contributed by atoms with Crippen LogP contribution in [0.15, 0.2) is 35.9 Å². The second kappa shape index (κ2) is 7.25. The van der Waals surface area contributed by atoms with Crippen LogP contribution in [-0.4, -0.2) is 25.8 Å². The zero-order valence-electron chi connectivity index (χ0n) is 12.2. The van der Waals surface area contributed by atoms with Gasteiger partial charge in [-0.2, -0.15) is 0 Å². The molecule has 0 amide bonds. The average Bonchev–Trinajstić information content (AvgIpc) is 2.91. The van der Waals surface area contributed by atoms with Gasteiger partial charge in [0.1, 0.15) is 0 Å². The fourth-order valence-corrected chi connectivity index (χ4v) is 2.59. The van der Waals surface area contributed by atoms with Crippen LogP contribution in [0.3, 0.4) is 0 Å². The molecule has 0 saturated carbocycles. The minimum atomic E-state index is -0.261. The molecule has 1 unspecified atom stereocenters. The number of hydrogen-bond donors (Lipinski definition) is 0. The Bertz CT molecular complexity index is 476. The molecule has 1 aromatic rings. The molecule has 2 rings (SSSR count). The van der Waals surface area contributed by atoms with Gasteiger partial charge in [-0.15, -0.1) is 0 Å². The lowest BCUT2D eigenvalue weighted by Crippen LogP contribution is -2.20. The molecule has 0 aliphatic heterocycles. The van der Waals surface area contributed by atoms with Crippen LogP contribution >= 0.6 is 0 Å². The number of hydrogen-bond acceptors (Lipinski definition) is 3. The van der Waals surface area contributed by atoms with Gasteiger partial charge in [-0.1, -0.05) is 43.7 Å². The van der Waals surface area contributed by atoms with Gasteiger partial charge in [0, 0.05) is 6.61 Å². The number of methoxy groups -OCH3 is 1. The van der Waals surface area contributed by atoms with Gasteiger partial charge in [0.25, 0.3) is 0 Å². The standard InChI is InChI=1S/C17H22O3/c1-3-4-12-20-15-11-10-14(16(15)17(18)19-2)13-8-6-5-7-9-13/h5-9,15H,3-4,10-12H2,1-2H3. The van der Waals surface area contributed by atoms with E-state index in [-0.39, 0.29) is 12.1 Å². The third kappa shape index (κ3) is 3.28. The molecule has 0 N–H and O–H groups in total. The van der Waals surface area contributed by atoms with Crippen molar-refractivity contribution in [2.45, 2.75) is 38.7 Å². The van der Waals surface area contributed by atoms with E-state index in [0.717, 1.165) is 36.8 Å². The van der Waals surface area contributed by atoms with Crippen LogP contribution in [0.5, 0.6) is 0 Å². The molecule has 0 fully saturated rings. The predicted octanol–water partition coefficient (Wildman–Crippen LogP) is 3.59. The van der Waals surface area contributed by atoms with E-state index in [1.807, 2.05) is 30.3 Å². The van der Waals surface area contributed by atoms with Crippen molar-refractivity contribution >= 4 is 11.5 Å². The van der Waals surface area contributed by atoms with E-state index >= 15 is 0 Å². The summed E-state index contributed by atoms with van der Waals surface area (Å²) in [6.07, 6.45) is 3.72. The molecule has 20 heavy (non-hydrogen) atoms. The van der Waals surface area contributed by atoms with E-state index in [0.29, 0.717) is 12.2 Å². The molecule has 1 aliphatic carbocycles. The van der Waals surface area contributed by atoms with Gasteiger partial charge in [0.05, 0.1) is 18.8 Å². The van der Waals surface area contributed by atoms with E-state index in [1.165, 1.54) is 7.11 Å². The van der Waals surface area contributed by atoms with Gasteiger partial charge in [-0.25, -0.2) is 4.79 Å². The van der Waals surface area contributed by atoms with E-state index in [1.54, 1.807) is 0 Å². The Hall–Kier alpha value is -1.61. The van der Waals surface area contributed by atoms with Crippen molar-refractivity contribution in [3.8, 4) is 0 Å². The highest BCUT2D eigenvalue weighted by Crippen LogP contribution is 2.36. The van der Waals surface area contributed by atoms with Gasteiger partial charge in [0.2, 0.25) is 0 Å². The minimum absolute atomic E-state index is 0.121. The molecule has 1 aliphatic rings. The van der Waals surface area contributed by atoms with E-state index < -0.39 is 0 Å². The fraction of sp³-hybridized carbons (Fsp3) is 0.471. The number of benzene rings is 1. The molecule has 1 aromatic carbocycles. The Morgan fingerprint density at radius 2 is 2.05 bits per heavy atom. The van der Waals surface area contributed by atoms with Crippen molar-refractivity contribution in [1.29, 1.82) is 0 Å². The van der Waals surface area contributed by atoms with Crippen molar-refractivity contribution in [2.75, 3.05) is 13.7 Å². The van der Waals surface area contributed by atoms with E-state index in [4.69, 9.17) is 9.47 Å². The molecule has 3 nitrogen and oxygen atoms in total. The maximum Gasteiger partial charge on any atom is 0.336 e. The minimum Gasteiger partial charge on any atom is -0.466 e. The Morgan fingerprint density at radius 3 is 2.70 bits per heavy atom. The first-order valence-corrected chi connectivity index (χ1v) is 7.26. The van der Waals surface area contributed by atoms with Gasteiger partial charge < -0.3 is 9.47 Å². The highest BCUT2D eigenvalue weighted by Gasteiger charge is 2.32. The molecule has 0 spiro atoms. The lowest BCUT2D eigenvalue weighted by atomic mass is 10.0. The summed E-state index contributed by atoms with van der Waals surface area (Å²) >= 11 is 0. The maximum absolute atomic E-state index is 12.1. The number of carbonyl (C=O) groups excluding carboxylic acids is 1. The summed E-state index contributed by atoms with van der Waals surface area (Å²) in [5.41, 5.74) is 2.86. The average molecular weight is 274 g/mol. The van der Waals surface area contributed by atoms with E-state index in [9.17, 15) is 4.79 Å². The second-order valence-electron chi connectivity index (χ2n) is 5.00. The van der Waals surface area contributed by atoms with Gasteiger partial charge in [-0.05, 0) is 30.4 Å². The summed E-state index contributed by atoms with van der Waals surface area (Å²) in [6.45, 7) is 2.83. The normalized spacial score (nSPS) is 18.4. The van der Waals surface area contributed by atoms with Crippen molar-refractivity contribution in [3.63, 3.8) is 0 Å². The summed E-state index contributed by atoms with van der Waals surface area (Å²) in [5.74, 6) is -0.261. The van der Waals surface area contributed by atoms with Crippen LogP contribution in [-0.2, 0) is 14.3 Å². The first-order valence-electron chi connectivity index (χ1n) is 7.26. The molecule has 0 aromatic heterocycles. The third-order valence-electron chi connectivity index (χ3n) is 3.65. The van der Waals surface area contributed by atoms with Crippen LogP contribution in [0, 0.1) is 0 Å². The fourth-order valence-electron chi connectivity index (χ4n) is 2.59. The van der Waals surface area contributed by atoms with Crippen LogP contribution in [0.2, 0.25) is 0 Å². The quantitative estimate of drug-likeness (QED) is 0.587. The SMILES string of the molecule is CCCCOC1CCC(c2ccccc2)=C1C(=O)OC. The Kier molecular flexibility index (Phi) is 5.36. The van der Waals surface area contributed by atoms with Crippen molar-refractivity contribution < 1.29 is 14.3 Å². The first-order chi connectivity index (χ1) is 9.77. The Labute approximate surface area is 120 Å². The largest absolute Gasteiger partial charge is 0.466 e. The third-order valence-corrected chi connectivity index (χ3v) is 3.65. The molecular formula is C17H22O3. The zero-order valence-corrected chi connectivity index (χ0v) is 12.2. The number of ether oxygens (including phenoxy) is 2. The van der Waals surface area contributed by atoms with Crippen molar-refractivity contribution in [3.05, 3.63) is 41.5 Å². The van der Waals surface area contributed by atoms with E-state index in [2.05, 4.69) is 6.92 Å². The first kappa shape index (κ1) is 14.8. The molecule has 0 saturated heterocycles. The predicted molar refractivity (Wildman–Crippen MR) is 79.3 cm³/mol. The Morgan fingerprint density at radius 1 is 1.30 bits per heavy atom. The molecule has 0 heterocycles. The smallest absolute Gasteiger partial charge is 0.336 e. The molecule has 0 bridgehead atoms. The monoisotopic (exact) mass is 274 g/mol. The zero-order chi connectivity index (χ0) is 14.4. The molecule has 0 radical (unpaired) electrons. The number of unbranched alkanes of at least 4 members (excludes halogenated alkanes) is 1. The highest BCUT2D eigenvalue weighted by molar-refractivity contribution is 6.00. The van der Waals surface area contributed by atoms with Gasteiger partial charge in [0.15, 0.2) is 0 Å². The highest BCUT2D eigenvalue weighted by atomic mass is 16.5. The number of carbonyl (C=O) groups is 1. The second-order valence-corrected chi connectivity index (χ2v) is 5.00. The van der Waals surface area contributed by atoms with Gasteiger partial charge >= 0.3 is 5.97 Å². The van der Waals surface area contributed by atoms with Crippen LogP contribution in [0.25, 0.3) is 5.57 Å². The Balaban J connectivity index is 2.24. The molecular weight excluding hydrogens is 252 g/mol. The summed E-state index contributed by atoms with van der Waals surface area (Å²) in [4.78, 5) is 12.1. The molecule has 3 heteroatoms. The summed E-state index contributed by atoms with van der Waals surface area (Å²) in [6, 6.07) is 10.0. The lowest BCUT2D eigenvalue weighted by Gasteiger charge is -2.15. The van der Waals surface area contributed by atoms with Crippen molar-refractivity contribution in [1.82, 2.24) is 0 Å². The topological polar surface area (TPSA) is 35.5 Å². The molecule has 1 atom stereocenters. The number of rotatable bonds is 6. The molecule has 108 valence electrons. The number of esters is 1. The summed E-state index contributed by atoms with van der Waals surface area (Å²) in [5, 5.41) is 0. The van der Waals surface area contributed by atoms with Gasteiger partial charge in [-0.3, -0.25) is 0 Å². The van der Waals surface area contributed by atoms with Crippen LogP contribution in [0.1, 0.15) is 38.2 Å². The van der Waals surface area contributed by atoms with Crippen LogP contribution in [0.4, 0.5) is 0 Å².